The highest BCUT2D eigenvalue weighted by Crippen LogP contribution is 2.52. The minimum Gasteiger partial charge on any atom is -0.456 e. The van der Waals surface area contributed by atoms with Crippen molar-refractivity contribution in [2.24, 2.45) is 0 Å². The first-order valence-electron chi connectivity index (χ1n) is 16.9. The first-order valence-corrected chi connectivity index (χ1v) is 16.9. The third-order valence-electron chi connectivity index (χ3n) is 10.4. The maximum absolute atomic E-state index is 6.40. The van der Waals surface area contributed by atoms with Gasteiger partial charge in [0.25, 0.3) is 0 Å². The summed E-state index contributed by atoms with van der Waals surface area (Å²) in [5.41, 5.74) is 13.1. The molecule has 0 aliphatic carbocycles. The van der Waals surface area contributed by atoms with Crippen LogP contribution < -0.4 is 4.90 Å². The van der Waals surface area contributed by atoms with Crippen LogP contribution in [0.3, 0.4) is 0 Å². The Kier molecular flexibility index (Phi) is 5.92. The lowest BCUT2D eigenvalue weighted by Gasteiger charge is -2.42. The molecular formula is C46H32N2O. The van der Waals surface area contributed by atoms with Crippen LogP contribution in [0.5, 0.6) is 0 Å². The molecule has 0 saturated carbocycles. The molecule has 232 valence electrons. The molecule has 0 fully saturated rings. The Morgan fingerprint density at radius 1 is 0.510 bits per heavy atom. The molecule has 3 heteroatoms. The number of anilines is 3. The highest BCUT2D eigenvalue weighted by molar-refractivity contribution is 6.29. The van der Waals surface area contributed by atoms with E-state index in [9.17, 15) is 0 Å². The van der Waals surface area contributed by atoms with Crippen molar-refractivity contribution in [3.05, 3.63) is 169 Å². The Morgan fingerprint density at radius 3 is 1.96 bits per heavy atom. The van der Waals surface area contributed by atoms with Crippen molar-refractivity contribution in [3.8, 4) is 22.4 Å². The minimum absolute atomic E-state index is 0.113. The molecule has 0 N–H and O–H groups in total. The van der Waals surface area contributed by atoms with Crippen molar-refractivity contribution in [1.82, 2.24) is 4.98 Å². The zero-order chi connectivity index (χ0) is 32.7. The summed E-state index contributed by atoms with van der Waals surface area (Å²) in [5, 5.41) is 5.66. The monoisotopic (exact) mass is 628 g/mol. The number of para-hydroxylation sites is 4. The van der Waals surface area contributed by atoms with Crippen molar-refractivity contribution < 1.29 is 4.42 Å². The van der Waals surface area contributed by atoms with Crippen molar-refractivity contribution in [2.45, 2.75) is 19.3 Å². The quantitative estimate of drug-likeness (QED) is 0.182. The Labute approximate surface area is 284 Å². The second-order valence-corrected chi connectivity index (χ2v) is 13.5. The van der Waals surface area contributed by atoms with Gasteiger partial charge in [-0.25, -0.2) is 4.98 Å². The fourth-order valence-corrected chi connectivity index (χ4v) is 8.14. The van der Waals surface area contributed by atoms with Crippen molar-refractivity contribution in [1.29, 1.82) is 0 Å². The first-order chi connectivity index (χ1) is 24.1. The van der Waals surface area contributed by atoms with Gasteiger partial charge in [0.15, 0.2) is 0 Å². The van der Waals surface area contributed by atoms with Gasteiger partial charge >= 0.3 is 0 Å². The molecule has 3 heterocycles. The molecule has 1 aliphatic rings. The fraction of sp³-hybridized carbons (Fsp3) is 0.0652. The van der Waals surface area contributed by atoms with E-state index in [2.05, 4.69) is 170 Å². The van der Waals surface area contributed by atoms with E-state index in [0.29, 0.717) is 0 Å². The third-order valence-corrected chi connectivity index (χ3v) is 10.4. The van der Waals surface area contributed by atoms with E-state index in [1.807, 2.05) is 6.07 Å². The van der Waals surface area contributed by atoms with Crippen LogP contribution in [-0.4, -0.2) is 4.98 Å². The minimum atomic E-state index is -0.113. The standard InChI is InChI=1S/C46H32N2O/c1-46(2)36-21-7-9-23-38(36)48(39-24-10-8-22-37(39)46)31-17-12-16-30(28-31)32-19-13-20-34-42-35(44(47-45(32)34)29-14-4-3-5-15-29)26-27-41-43(42)33-18-6-11-25-40(33)49-41/h3-28H,1-2H3. The van der Waals surface area contributed by atoms with Gasteiger partial charge in [-0.05, 0) is 59.2 Å². The van der Waals surface area contributed by atoms with Gasteiger partial charge in [0.05, 0.1) is 22.6 Å². The molecule has 10 rings (SSSR count). The molecular weight excluding hydrogens is 597 g/mol. The van der Waals surface area contributed by atoms with Gasteiger partial charge in [-0.3, -0.25) is 0 Å². The molecule has 0 amide bonds. The molecule has 7 aromatic carbocycles. The summed E-state index contributed by atoms with van der Waals surface area (Å²) in [7, 11) is 0. The van der Waals surface area contributed by atoms with Gasteiger partial charge < -0.3 is 9.32 Å². The number of furan rings is 1. The van der Waals surface area contributed by atoms with Gasteiger partial charge in [0.1, 0.15) is 11.2 Å². The summed E-state index contributed by atoms with van der Waals surface area (Å²) in [6.45, 7) is 4.66. The molecule has 1 aliphatic heterocycles. The van der Waals surface area contributed by atoms with Crippen molar-refractivity contribution >= 4 is 60.7 Å². The second-order valence-electron chi connectivity index (χ2n) is 13.5. The van der Waals surface area contributed by atoms with Gasteiger partial charge in [0.2, 0.25) is 0 Å². The number of rotatable bonds is 3. The van der Waals surface area contributed by atoms with Gasteiger partial charge in [-0.15, -0.1) is 0 Å². The number of aromatic nitrogens is 1. The van der Waals surface area contributed by atoms with E-state index in [1.54, 1.807) is 0 Å². The van der Waals surface area contributed by atoms with Crippen LogP contribution in [0.25, 0.3) is 66.0 Å². The molecule has 0 bridgehead atoms. The average Bonchev–Trinajstić information content (AvgIpc) is 3.54. The Hall–Kier alpha value is -6.19. The number of benzene rings is 7. The third kappa shape index (κ3) is 4.06. The highest BCUT2D eigenvalue weighted by Gasteiger charge is 2.36. The number of nitrogens with zero attached hydrogens (tertiary/aromatic N) is 2. The lowest BCUT2D eigenvalue weighted by Crippen LogP contribution is -2.30. The molecule has 9 aromatic rings. The van der Waals surface area contributed by atoms with Crippen LogP contribution in [0.2, 0.25) is 0 Å². The number of hydrogen-bond acceptors (Lipinski definition) is 3. The summed E-state index contributed by atoms with van der Waals surface area (Å²) in [5.74, 6) is 0. The average molecular weight is 629 g/mol. The van der Waals surface area contributed by atoms with Gasteiger partial charge in [-0.1, -0.05) is 129 Å². The van der Waals surface area contributed by atoms with E-state index in [-0.39, 0.29) is 5.41 Å². The Morgan fingerprint density at radius 2 is 1.16 bits per heavy atom. The van der Waals surface area contributed by atoms with Crippen LogP contribution in [0.1, 0.15) is 25.0 Å². The Bertz CT molecular complexity index is 2710. The molecule has 49 heavy (non-hydrogen) atoms. The predicted molar refractivity (Wildman–Crippen MR) is 204 cm³/mol. The summed E-state index contributed by atoms with van der Waals surface area (Å²) >= 11 is 0. The molecule has 0 radical (unpaired) electrons. The second kappa shape index (κ2) is 10.4. The zero-order valence-electron chi connectivity index (χ0n) is 27.3. The maximum atomic E-state index is 6.40. The van der Waals surface area contributed by atoms with E-state index < -0.39 is 0 Å². The topological polar surface area (TPSA) is 29.3 Å². The molecule has 0 unspecified atom stereocenters. The summed E-state index contributed by atoms with van der Waals surface area (Å²) in [6, 6.07) is 56.3. The zero-order valence-corrected chi connectivity index (χ0v) is 27.3. The van der Waals surface area contributed by atoms with Crippen LogP contribution in [0.4, 0.5) is 17.1 Å². The smallest absolute Gasteiger partial charge is 0.136 e. The van der Waals surface area contributed by atoms with E-state index in [4.69, 9.17) is 9.40 Å². The summed E-state index contributed by atoms with van der Waals surface area (Å²) in [6.07, 6.45) is 0. The molecule has 3 nitrogen and oxygen atoms in total. The van der Waals surface area contributed by atoms with Gasteiger partial charge in [-0.2, -0.15) is 0 Å². The van der Waals surface area contributed by atoms with Crippen LogP contribution >= 0.6 is 0 Å². The highest BCUT2D eigenvalue weighted by atomic mass is 16.3. The molecule has 2 aromatic heterocycles. The maximum Gasteiger partial charge on any atom is 0.136 e. The van der Waals surface area contributed by atoms with Crippen molar-refractivity contribution in [2.75, 3.05) is 4.90 Å². The van der Waals surface area contributed by atoms with E-state index in [1.165, 1.54) is 27.9 Å². The van der Waals surface area contributed by atoms with E-state index in [0.717, 1.165) is 66.3 Å². The van der Waals surface area contributed by atoms with E-state index >= 15 is 0 Å². The fourth-order valence-electron chi connectivity index (χ4n) is 8.14. The Balaban J connectivity index is 1.26. The number of pyridine rings is 1. The number of fused-ring (bicyclic) bond motifs is 9. The molecule has 0 saturated heterocycles. The van der Waals surface area contributed by atoms with Crippen LogP contribution in [0, 0.1) is 0 Å². The largest absolute Gasteiger partial charge is 0.456 e. The van der Waals surface area contributed by atoms with Gasteiger partial charge in [0, 0.05) is 49.2 Å². The normalized spacial score (nSPS) is 13.6. The SMILES string of the molecule is CC1(C)c2ccccc2N(c2cccc(-c3cccc4c3nc(-c3ccccc3)c3ccc5oc6ccccc6c5c34)c2)c2ccccc21. The summed E-state index contributed by atoms with van der Waals surface area (Å²) < 4.78 is 6.40. The predicted octanol–water partition coefficient (Wildman–Crippen LogP) is 12.7. The lowest BCUT2D eigenvalue weighted by atomic mass is 9.73. The number of hydrogen-bond donors (Lipinski definition) is 0. The van der Waals surface area contributed by atoms with Crippen LogP contribution in [0.15, 0.2) is 162 Å². The molecule has 0 spiro atoms. The summed E-state index contributed by atoms with van der Waals surface area (Å²) in [4.78, 5) is 7.93. The van der Waals surface area contributed by atoms with Crippen molar-refractivity contribution in [3.63, 3.8) is 0 Å². The molecule has 0 atom stereocenters. The lowest BCUT2D eigenvalue weighted by molar-refractivity contribution is 0.632. The van der Waals surface area contributed by atoms with Crippen LogP contribution in [-0.2, 0) is 5.41 Å². The first kappa shape index (κ1) is 27.9.